The Bertz CT molecular complexity index is 444. The molecule has 0 aromatic carbocycles. The van der Waals surface area contributed by atoms with Gasteiger partial charge in [-0.05, 0) is 0 Å². The molecule has 0 aromatic heterocycles. The minimum atomic E-state index is -1.60. The van der Waals surface area contributed by atoms with E-state index in [-0.39, 0.29) is 6.61 Å². The van der Waals surface area contributed by atoms with Gasteiger partial charge in [0.15, 0.2) is 18.7 Å². The van der Waals surface area contributed by atoms with E-state index < -0.39 is 61.3 Å². The van der Waals surface area contributed by atoms with Gasteiger partial charge in [-0.25, -0.2) is 4.79 Å². The molecule has 0 saturated carbocycles. The van der Waals surface area contributed by atoms with Crippen LogP contribution in [-0.4, -0.2) is 110 Å². The number of rotatable bonds is 5. The molecule has 11 nitrogen and oxygen atoms in total. The number of aliphatic hydroxyl groups excluding tert-OH is 4. The maximum atomic E-state index is 11.8. The molecular formula is C14H24O11. The van der Waals surface area contributed by atoms with Crippen molar-refractivity contribution in [2.75, 3.05) is 27.9 Å². The summed E-state index contributed by atoms with van der Waals surface area (Å²) in [5, 5.41) is 40.2. The second-order valence-electron chi connectivity index (χ2n) is 5.73. The van der Waals surface area contributed by atoms with Crippen LogP contribution in [0.25, 0.3) is 0 Å². The standard InChI is InChI=1S/C14H24O11/c1-20-9-7(17)8(18)13(25-11(9)12(19)21-2)24-10-6(16)5(15)4-23-14(10)22-3/h5-11,13-18H,4H2,1-3H3. The molecule has 9 atom stereocenters. The molecule has 0 amide bonds. The number of methoxy groups -OCH3 is 3. The first-order chi connectivity index (χ1) is 11.8. The summed E-state index contributed by atoms with van der Waals surface area (Å²) >= 11 is 0. The Kier molecular flexibility index (Phi) is 7.08. The number of carbonyl (C=O) groups is 1. The predicted molar refractivity (Wildman–Crippen MR) is 77.1 cm³/mol. The fourth-order valence-corrected chi connectivity index (χ4v) is 2.79. The van der Waals surface area contributed by atoms with Crippen LogP contribution in [0.1, 0.15) is 0 Å². The van der Waals surface area contributed by atoms with E-state index in [0.717, 1.165) is 7.11 Å². The van der Waals surface area contributed by atoms with Gasteiger partial charge in [-0.1, -0.05) is 0 Å². The molecule has 11 heteroatoms. The second kappa shape index (κ2) is 8.66. The lowest BCUT2D eigenvalue weighted by Crippen LogP contribution is -2.64. The van der Waals surface area contributed by atoms with E-state index in [2.05, 4.69) is 4.74 Å². The molecule has 146 valence electrons. The summed E-state index contributed by atoms with van der Waals surface area (Å²) in [5.41, 5.74) is 0. The molecule has 0 spiro atoms. The zero-order valence-electron chi connectivity index (χ0n) is 14.0. The molecule has 2 fully saturated rings. The van der Waals surface area contributed by atoms with Crippen LogP contribution < -0.4 is 0 Å². The summed E-state index contributed by atoms with van der Waals surface area (Å²) in [6, 6.07) is 0. The lowest BCUT2D eigenvalue weighted by molar-refractivity contribution is -0.351. The average Bonchev–Trinajstić information content (AvgIpc) is 2.61. The Morgan fingerprint density at radius 1 is 0.920 bits per heavy atom. The molecular weight excluding hydrogens is 344 g/mol. The first-order valence-corrected chi connectivity index (χ1v) is 7.63. The van der Waals surface area contributed by atoms with Gasteiger partial charge in [-0.3, -0.25) is 0 Å². The van der Waals surface area contributed by atoms with Crippen molar-refractivity contribution in [3.8, 4) is 0 Å². The number of hydrogen-bond acceptors (Lipinski definition) is 11. The van der Waals surface area contributed by atoms with Gasteiger partial charge < -0.3 is 48.8 Å². The Balaban J connectivity index is 2.17. The number of aliphatic hydroxyl groups is 4. The van der Waals surface area contributed by atoms with Crippen LogP contribution in [0.15, 0.2) is 0 Å². The Hall–Kier alpha value is -0.890. The summed E-state index contributed by atoms with van der Waals surface area (Å²) in [4.78, 5) is 11.8. The third-order valence-electron chi connectivity index (χ3n) is 4.20. The maximum absolute atomic E-state index is 11.8. The lowest BCUT2D eigenvalue weighted by Gasteiger charge is -2.44. The highest BCUT2D eigenvalue weighted by Crippen LogP contribution is 2.28. The van der Waals surface area contributed by atoms with Crippen LogP contribution in [0, 0.1) is 0 Å². The Labute approximate surface area is 143 Å². The zero-order chi connectivity index (χ0) is 18.7. The van der Waals surface area contributed by atoms with Crippen LogP contribution >= 0.6 is 0 Å². The van der Waals surface area contributed by atoms with Crippen molar-refractivity contribution in [1.82, 2.24) is 0 Å². The van der Waals surface area contributed by atoms with Gasteiger partial charge in [0.2, 0.25) is 0 Å². The smallest absolute Gasteiger partial charge is 0.337 e. The molecule has 0 radical (unpaired) electrons. The zero-order valence-corrected chi connectivity index (χ0v) is 14.0. The minimum Gasteiger partial charge on any atom is -0.467 e. The molecule has 25 heavy (non-hydrogen) atoms. The van der Waals surface area contributed by atoms with Gasteiger partial charge in [-0.2, -0.15) is 0 Å². The molecule has 0 bridgehead atoms. The third kappa shape index (κ3) is 4.10. The maximum Gasteiger partial charge on any atom is 0.337 e. The van der Waals surface area contributed by atoms with Gasteiger partial charge in [0, 0.05) is 14.2 Å². The van der Waals surface area contributed by atoms with Crippen LogP contribution in [0.5, 0.6) is 0 Å². The molecule has 2 heterocycles. The Morgan fingerprint density at radius 2 is 1.60 bits per heavy atom. The highest BCUT2D eigenvalue weighted by Gasteiger charge is 2.51. The fraction of sp³-hybridized carbons (Fsp3) is 0.929. The summed E-state index contributed by atoms with van der Waals surface area (Å²) < 4.78 is 30.6. The average molecular weight is 368 g/mol. The highest BCUT2D eigenvalue weighted by molar-refractivity contribution is 5.75. The fourth-order valence-electron chi connectivity index (χ4n) is 2.79. The normalized spacial score (nSPS) is 45.2. The minimum absolute atomic E-state index is 0.174. The van der Waals surface area contributed by atoms with E-state index in [1.807, 2.05) is 0 Å². The third-order valence-corrected chi connectivity index (χ3v) is 4.20. The second-order valence-corrected chi connectivity index (χ2v) is 5.73. The van der Waals surface area contributed by atoms with E-state index in [1.54, 1.807) is 0 Å². The van der Waals surface area contributed by atoms with E-state index >= 15 is 0 Å². The summed E-state index contributed by atoms with van der Waals surface area (Å²) in [5.74, 6) is -0.838. The first kappa shape index (κ1) is 20.4. The number of hydrogen-bond donors (Lipinski definition) is 4. The SMILES string of the molecule is COC(=O)C1OC(OC2C(OC)OCC(O)C2O)C(O)C(O)C1OC. The van der Waals surface area contributed by atoms with Crippen LogP contribution in [0.2, 0.25) is 0 Å². The predicted octanol–water partition coefficient (Wildman–Crippen LogP) is -3.27. The van der Waals surface area contributed by atoms with E-state index in [4.69, 9.17) is 23.7 Å². The largest absolute Gasteiger partial charge is 0.467 e. The quantitative estimate of drug-likeness (QED) is 0.361. The van der Waals surface area contributed by atoms with E-state index in [1.165, 1.54) is 14.2 Å². The van der Waals surface area contributed by atoms with Crippen molar-refractivity contribution in [3.63, 3.8) is 0 Å². The van der Waals surface area contributed by atoms with Gasteiger partial charge in [0.1, 0.15) is 36.6 Å². The van der Waals surface area contributed by atoms with Crippen LogP contribution in [0.4, 0.5) is 0 Å². The lowest BCUT2D eigenvalue weighted by atomic mass is 9.98. The summed E-state index contributed by atoms with van der Waals surface area (Å²) in [6.45, 7) is -0.174. The summed E-state index contributed by atoms with van der Waals surface area (Å²) in [7, 11) is 3.66. The van der Waals surface area contributed by atoms with Gasteiger partial charge >= 0.3 is 5.97 Å². The van der Waals surface area contributed by atoms with Crippen molar-refractivity contribution in [3.05, 3.63) is 0 Å². The number of carbonyl (C=O) groups excluding carboxylic acids is 1. The van der Waals surface area contributed by atoms with Crippen LogP contribution in [-0.2, 0) is 33.2 Å². The van der Waals surface area contributed by atoms with Crippen molar-refractivity contribution < 1.29 is 53.6 Å². The molecule has 4 N–H and O–H groups in total. The monoisotopic (exact) mass is 368 g/mol. The van der Waals surface area contributed by atoms with Gasteiger partial charge in [0.25, 0.3) is 0 Å². The highest BCUT2D eigenvalue weighted by atomic mass is 16.8. The Morgan fingerprint density at radius 3 is 2.16 bits per heavy atom. The molecule has 2 aliphatic heterocycles. The molecule has 2 aliphatic rings. The van der Waals surface area contributed by atoms with Gasteiger partial charge in [-0.15, -0.1) is 0 Å². The summed E-state index contributed by atoms with van der Waals surface area (Å²) in [6.07, 6.45) is -12.1. The molecule has 9 unspecified atom stereocenters. The van der Waals surface area contributed by atoms with Crippen LogP contribution in [0.3, 0.4) is 0 Å². The molecule has 2 rings (SSSR count). The van der Waals surface area contributed by atoms with E-state index in [9.17, 15) is 25.2 Å². The first-order valence-electron chi connectivity index (χ1n) is 7.63. The van der Waals surface area contributed by atoms with Crippen molar-refractivity contribution >= 4 is 5.97 Å². The topological polar surface area (TPSA) is 153 Å². The van der Waals surface area contributed by atoms with Crippen molar-refractivity contribution in [2.24, 2.45) is 0 Å². The van der Waals surface area contributed by atoms with Crippen molar-refractivity contribution in [1.29, 1.82) is 0 Å². The number of ether oxygens (including phenoxy) is 6. The van der Waals surface area contributed by atoms with Crippen molar-refractivity contribution in [2.45, 2.75) is 55.3 Å². The molecule has 0 aliphatic carbocycles. The number of esters is 1. The molecule has 0 aromatic rings. The molecule has 2 saturated heterocycles. The van der Waals surface area contributed by atoms with Gasteiger partial charge in [0.05, 0.1) is 13.7 Å². The van der Waals surface area contributed by atoms with E-state index in [0.29, 0.717) is 0 Å².